The molecule has 13 nitrogen and oxygen atoms in total. The van der Waals surface area contributed by atoms with E-state index in [9.17, 15) is 60.7 Å². The maximum Gasteiger partial charge on any atom is 0.491 e. The SMILES string of the molecule is CN[C@@H](CCCCNC(=O)CCNC(=O)[C@H](CNC(O)c1cc2c(c(C(F)(F)F)c1)COB2O)CC(=O)c1cc2c(c(C(F)(F)F)c1)COB2O)C(=O)C(SSC)SSC. The summed E-state index contributed by atoms with van der Waals surface area (Å²) >= 11 is 0. The van der Waals surface area contributed by atoms with Crippen LogP contribution in [-0.2, 0) is 49.3 Å². The lowest BCUT2D eigenvalue weighted by molar-refractivity contribution is -0.139. The fourth-order valence-corrected chi connectivity index (χ4v) is 11.8. The fraction of sp³-hybridized carbons (Fsp3) is 0.543. The number of nitrogens with one attached hydrogen (secondary N) is 4. The van der Waals surface area contributed by atoms with E-state index >= 15 is 0 Å². The van der Waals surface area contributed by atoms with E-state index < -0.39 is 99.2 Å². The number of aliphatic hydroxyl groups is 1. The molecule has 0 fully saturated rings. The molecule has 2 amide bonds. The van der Waals surface area contributed by atoms with Crippen LogP contribution in [0.25, 0.3) is 0 Å². The van der Waals surface area contributed by atoms with Crippen LogP contribution in [0.15, 0.2) is 24.3 Å². The molecule has 60 heavy (non-hydrogen) atoms. The number of carbonyl (C=O) groups is 4. The van der Waals surface area contributed by atoms with Gasteiger partial charge >= 0.3 is 26.6 Å². The summed E-state index contributed by atoms with van der Waals surface area (Å²) in [5.41, 5.74) is -4.45. The fourth-order valence-electron chi connectivity index (χ4n) is 6.59. The Labute approximate surface area is 358 Å². The van der Waals surface area contributed by atoms with Crippen molar-refractivity contribution in [2.45, 2.75) is 74.5 Å². The Morgan fingerprint density at radius 1 is 0.833 bits per heavy atom. The molecule has 7 N–H and O–H groups in total. The summed E-state index contributed by atoms with van der Waals surface area (Å²) < 4.78 is 93.2. The number of aliphatic hydroxyl groups excluding tert-OH is 1. The monoisotopic (exact) mass is 928 g/mol. The minimum Gasteiger partial charge on any atom is -0.423 e. The van der Waals surface area contributed by atoms with Gasteiger partial charge in [0.2, 0.25) is 11.8 Å². The first-order valence-corrected chi connectivity index (χ1v) is 23.7. The summed E-state index contributed by atoms with van der Waals surface area (Å²) in [4.78, 5) is 52.5. The number of Topliss-reactive ketones (excluding diaryl/α,β-unsaturated/α-hetero) is 2. The van der Waals surface area contributed by atoms with Gasteiger partial charge in [-0.1, -0.05) is 55.3 Å². The maximum absolute atomic E-state index is 14.0. The van der Waals surface area contributed by atoms with Gasteiger partial charge in [-0.25, -0.2) is 0 Å². The first-order valence-electron chi connectivity index (χ1n) is 18.5. The molecule has 0 saturated heterocycles. The van der Waals surface area contributed by atoms with Crippen molar-refractivity contribution in [2.75, 3.05) is 39.2 Å². The minimum absolute atomic E-state index is 0.0705. The summed E-state index contributed by atoms with van der Waals surface area (Å²) in [5.74, 6) is -3.66. The second kappa shape index (κ2) is 22.8. The molecule has 3 atom stereocenters. The predicted octanol–water partition coefficient (Wildman–Crippen LogP) is 2.93. The quantitative estimate of drug-likeness (QED) is 0.0215. The molecule has 2 aromatic rings. The van der Waals surface area contributed by atoms with Crippen molar-refractivity contribution in [1.29, 1.82) is 0 Å². The van der Waals surface area contributed by atoms with Crippen LogP contribution in [0.1, 0.15) is 76.5 Å². The minimum atomic E-state index is -4.93. The Kier molecular flexibility index (Phi) is 19.0. The third kappa shape index (κ3) is 13.5. The number of hydrogen-bond acceptors (Lipinski definition) is 15. The second-order valence-corrected chi connectivity index (χ2v) is 19.1. The smallest absolute Gasteiger partial charge is 0.423 e. The molecule has 2 aliphatic rings. The number of fused-ring (bicyclic) bond motifs is 2. The summed E-state index contributed by atoms with van der Waals surface area (Å²) in [6, 6.07) is 2.95. The lowest BCUT2D eigenvalue weighted by Crippen LogP contribution is -2.41. The van der Waals surface area contributed by atoms with E-state index in [-0.39, 0.29) is 63.5 Å². The van der Waals surface area contributed by atoms with Gasteiger partial charge in [0.05, 0.1) is 36.3 Å². The highest BCUT2D eigenvalue weighted by molar-refractivity contribution is 8.85. The van der Waals surface area contributed by atoms with Gasteiger partial charge in [0.1, 0.15) is 10.8 Å². The summed E-state index contributed by atoms with van der Waals surface area (Å²) in [6.45, 7) is -1.64. The van der Waals surface area contributed by atoms with Crippen LogP contribution in [0, 0.1) is 5.92 Å². The second-order valence-electron chi connectivity index (χ2n) is 13.7. The molecule has 0 saturated carbocycles. The number of hydrogen-bond donors (Lipinski definition) is 7. The normalized spacial score (nSPS) is 15.5. The first-order chi connectivity index (χ1) is 28.3. The van der Waals surface area contributed by atoms with E-state index in [1.165, 1.54) is 43.2 Å². The number of rotatable bonds is 23. The van der Waals surface area contributed by atoms with Crippen molar-refractivity contribution >= 4 is 91.7 Å². The van der Waals surface area contributed by atoms with Gasteiger partial charge < -0.3 is 40.4 Å². The van der Waals surface area contributed by atoms with Gasteiger partial charge in [0.25, 0.3) is 0 Å². The molecule has 0 aliphatic carbocycles. The largest absolute Gasteiger partial charge is 0.491 e. The summed E-state index contributed by atoms with van der Waals surface area (Å²) in [6.07, 6.45) is -7.16. The van der Waals surface area contributed by atoms with Crippen LogP contribution >= 0.6 is 43.2 Å². The number of alkyl halides is 6. The number of amides is 2. The topological polar surface area (TPSA) is 196 Å². The van der Waals surface area contributed by atoms with Crippen molar-refractivity contribution in [3.05, 3.63) is 57.6 Å². The molecule has 1 unspecified atom stereocenters. The maximum atomic E-state index is 14.0. The third-order valence-electron chi connectivity index (χ3n) is 9.69. The molecule has 330 valence electrons. The standard InChI is InChI=1S/C35H44B2F6N4O9S4/c1-44-27(30(50)33(59-57-2)60-58-3)6-4-5-8-45-29(49)7-9-46-32(52)20(14-28(48)18-10-23(34(38,39)40)21-16-55-36(53)25(21)12-18)15-47-31(51)19-11-24(35(41,42)43)22-17-56-37(54)26(22)13-19/h10-13,20,27,31,33,44,47,51,53-54H,4-9,14-17H2,1-3H3,(H,45,49)(H,46,52)/t20-,27-,31?/m0/s1. The number of likely N-dealkylation sites (N-methyl/N-ethyl adjacent to an activating group) is 1. The van der Waals surface area contributed by atoms with Crippen molar-refractivity contribution in [2.24, 2.45) is 5.92 Å². The van der Waals surface area contributed by atoms with Crippen molar-refractivity contribution < 1.29 is 70.0 Å². The van der Waals surface area contributed by atoms with Crippen molar-refractivity contribution in [3.63, 3.8) is 0 Å². The zero-order valence-electron chi connectivity index (χ0n) is 32.5. The molecule has 2 aliphatic heterocycles. The highest BCUT2D eigenvalue weighted by Gasteiger charge is 2.42. The van der Waals surface area contributed by atoms with Gasteiger partial charge in [0.15, 0.2) is 11.6 Å². The van der Waals surface area contributed by atoms with E-state index in [4.69, 9.17) is 9.31 Å². The Morgan fingerprint density at radius 2 is 1.42 bits per heavy atom. The average molecular weight is 929 g/mol. The molecule has 2 heterocycles. The number of carbonyl (C=O) groups excluding carboxylic acids is 4. The van der Waals surface area contributed by atoms with E-state index in [2.05, 4.69) is 21.3 Å². The summed E-state index contributed by atoms with van der Waals surface area (Å²) in [7, 11) is 4.25. The molecule has 2 aromatic carbocycles. The van der Waals surface area contributed by atoms with Gasteiger partial charge in [-0.05, 0) is 78.6 Å². The molecule has 0 bridgehead atoms. The van der Waals surface area contributed by atoms with E-state index in [0.29, 0.717) is 31.4 Å². The predicted molar refractivity (Wildman–Crippen MR) is 221 cm³/mol. The van der Waals surface area contributed by atoms with Crippen LogP contribution in [0.4, 0.5) is 26.3 Å². The van der Waals surface area contributed by atoms with Crippen molar-refractivity contribution in [3.8, 4) is 0 Å². The third-order valence-corrected chi connectivity index (χ3v) is 14.5. The number of ketones is 2. The van der Waals surface area contributed by atoms with E-state index in [1.807, 2.05) is 12.5 Å². The Balaban J connectivity index is 1.41. The average Bonchev–Trinajstić information content (AvgIpc) is 3.76. The molecular weight excluding hydrogens is 884 g/mol. The first kappa shape index (κ1) is 50.2. The van der Waals surface area contributed by atoms with Crippen LogP contribution in [0.5, 0.6) is 0 Å². The lowest BCUT2D eigenvalue weighted by Gasteiger charge is -2.22. The molecule has 25 heteroatoms. The zero-order chi connectivity index (χ0) is 44.4. The van der Waals surface area contributed by atoms with Crippen LogP contribution in [0.2, 0.25) is 0 Å². The molecule has 0 radical (unpaired) electrons. The number of benzene rings is 2. The van der Waals surface area contributed by atoms with Gasteiger partial charge in [-0.15, -0.1) is 0 Å². The zero-order valence-corrected chi connectivity index (χ0v) is 35.8. The van der Waals surface area contributed by atoms with Crippen LogP contribution < -0.4 is 32.2 Å². The Hall–Kier alpha value is -2.45. The number of unbranched alkanes of at least 4 members (excludes halogenated alkanes) is 1. The van der Waals surface area contributed by atoms with E-state index in [0.717, 1.165) is 12.1 Å². The highest BCUT2D eigenvalue weighted by atomic mass is 33.1. The molecule has 0 aromatic heterocycles. The highest BCUT2D eigenvalue weighted by Crippen LogP contribution is 2.39. The van der Waals surface area contributed by atoms with Gasteiger partial charge in [-0.2, -0.15) is 26.3 Å². The molecular formula is C35H44B2F6N4O9S4. The van der Waals surface area contributed by atoms with Gasteiger partial charge in [0, 0.05) is 38.0 Å². The lowest BCUT2D eigenvalue weighted by atomic mass is 9.76. The Morgan fingerprint density at radius 3 is 1.98 bits per heavy atom. The van der Waals surface area contributed by atoms with Crippen LogP contribution in [0.3, 0.4) is 0 Å². The molecule has 0 spiro atoms. The van der Waals surface area contributed by atoms with Gasteiger partial charge in [-0.3, -0.25) is 24.5 Å². The van der Waals surface area contributed by atoms with Crippen molar-refractivity contribution in [1.82, 2.24) is 21.3 Å². The Bertz CT molecular complexity index is 1850. The molecule has 4 rings (SSSR count). The summed E-state index contributed by atoms with van der Waals surface area (Å²) in [5, 5.41) is 41.9. The van der Waals surface area contributed by atoms with Crippen LogP contribution in [-0.4, -0.2) is 103 Å². The van der Waals surface area contributed by atoms with E-state index in [1.54, 1.807) is 7.05 Å². The number of halogens is 6.